The number of hydroxylamine groups is 2. The Balaban J connectivity index is 2.10. The summed E-state index contributed by atoms with van der Waals surface area (Å²) in [5.41, 5.74) is 0. The molecule has 1 rings (SSSR count). The minimum absolute atomic E-state index is 0.0479. The van der Waals surface area contributed by atoms with Gasteiger partial charge in [0.1, 0.15) is 0 Å². The standard InChI is InChI=1S/C15H28FNO3/c1-2-3-4-5-6-7-8-11-14(18)20-15(16)12-9-10-13-17(15)19/h19H,2-13H2,1H3. The number of hydrogen-bond acceptors (Lipinski definition) is 4. The molecule has 1 aliphatic heterocycles. The number of unbranched alkanes of at least 4 members (excludes halogenated alkanes) is 6. The van der Waals surface area contributed by atoms with Gasteiger partial charge in [-0.25, -0.2) is 0 Å². The van der Waals surface area contributed by atoms with Crippen molar-refractivity contribution >= 4 is 5.97 Å². The Morgan fingerprint density at radius 2 is 1.85 bits per heavy atom. The molecule has 0 spiro atoms. The number of alkyl halides is 1. The van der Waals surface area contributed by atoms with Crippen molar-refractivity contribution < 1.29 is 19.1 Å². The van der Waals surface area contributed by atoms with E-state index < -0.39 is 11.9 Å². The van der Waals surface area contributed by atoms with Crippen LogP contribution in [0.1, 0.15) is 77.6 Å². The number of ether oxygens (including phenoxy) is 1. The van der Waals surface area contributed by atoms with Gasteiger partial charge in [-0.1, -0.05) is 45.4 Å². The van der Waals surface area contributed by atoms with E-state index in [4.69, 9.17) is 4.74 Å². The van der Waals surface area contributed by atoms with E-state index in [0.717, 1.165) is 25.7 Å². The molecule has 0 bridgehead atoms. The van der Waals surface area contributed by atoms with Crippen molar-refractivity contribution in [1.82, 2.24) is 5.06 Å². The lowest BCUT2D eigenvalue weighted by atomic mass is 10.1. The maximum absolute atomic E-state index is 14.2. The average molecular weight is 289 g/mol. The molecule has 1 saturated heterocycles. The van der Waals surface area contributed by atoms with E-state index in [1.165, 1.54) is 25.7 Å². The Hall–Kier alpha value is -0.680. The lowest BCUT2D eigenvalue weighted by molar-refractivity contribution is -0.341. The van der Waals surface area contributed by atoms with Gasteiger partial charge in [0.15, 0.2) is 0 Å². The number of hydrogen-bond donors (Lipinski definition) is 1. The van der Waals surface area contributed by atoms with Gasteiger partial charge < -0.3 is 9.94 Å². The van der Waals surface area contributed by atoms with Crippen molar-refractivity contribution in [1.29, 1.82) is 0 Å². The zero-order valence-corrected chi connectivity index (χ0v) is 12.6. The molecule has 1 heterocycles. The highest BCUT2D eigenvalue weighted by molar-refractivity contribution is 5.69. The molecule has 1 fully saturated rings. The van der Waals surface area contributed by atoms with Crippen LogP contribution in [0.5, 0.6) is 0 Å². The minimum atomic E-state index is -2.31. The highest BCUT2D eigenvalue weighted by atomic mass is 19.2. The zero-order valence-electron chi connectivity index (χ0n) is 12.6. The summed E-state index contributed by atoms with van der Waals surface area (Å²) in [5, 5.41) is 9.96. The summed E-state index contributed by atoms with van der Waals surface area (Å²) in [6, 6.07) is 0. The van der Waals surface area contributed by atoms with Gasteiger partial charge in [0.05, 0.1) is 0 Å². The quantitative estimate of drug-likeness (QED) is 0.393. The fourth-order valence-electron chi connectivity index (χ4n) is 2.46. The highest BCUT2D eigenvalue weighted by Gasteiger charge is 2.42. The summed E-state index contributed by atoms with van der Waals surface area (Å²) >= 11 is 0. The molecule has 0 aromatic rings. The van der Waals surface area contributed by atoms with E-state index in [1.54, 1.807) is 0 Å². The second kappa shape index (κ2) is 9.29. The van der Waals surface area contributed by atoms with Crippen LogP contribution in [-0.4, -0.2) is 28.8 Å². The first-order valence-corrected chi connectivity index (χ1v) is 7.96. The van der Waals surface area contributed by atoms with E-state index in [9.17, 15) is 14.4 Å². The molecule has 0 amide bonds. The number of carbonyl (C=O) groups is 1. The van der Waals surface area contributed by atoms with Crippen LogP contribution in [0.25, 0.3) is 0 Å². The molecular formula is C15H28FNO3. The van der Waals surface area contributed by atoms with Crippen molar-refractivity contribution in [3.05, 3.63) is 0 Å². The maximum atomic E-state index is 14.2. The average Bonchev–Trinajstić information content (AvgIpc) is 2.41. The fraction of sp³-hybridized carbons (Fsp3) is 0.933. The van der Waals surface area contributed by atoms with E-state index >= 15 is 0 Å². The number of carbonyl (C=O) groups excluding carboxylic acids is 1. The molecule has 1 N–H and O–H groups in total. The number of halogens is 1. The van der Waals surface area contributed by atoms with Crippen LogP contribution in [0, 0.1) is 0 Å². The third-order valence-corrected chi connectivity index (χ3v) is 3.75. The van der Waals surface area contributed by atoms with E-state index in [2.05, 4.69) is 6.92 Å². The molecule has 5 heteroatoms. The third-order valence-electron chi connectivity index (χ3n) is 3.75. The van der Waals surface area contributed by atoms with Gasteiger partial charge >= 0.3 is 11.9 Å². The number of esters is 1. The molecule has 1 atom stereocenters. The van der Waals surface area contributed by atoms with Gasteiger partial charge in [-0.2, -0.15) is 4.39 Å². The van der Waals surface area contributed by atoms with Gasteiger partial charge in [-0.15, -0.1) is 5.06 Å². The zero-order chi connectivity index (χ0) is 14.8. The molecule has 118 valence electrons. The van der Waals surface area contributed by atoms with Gasteiger partial charge in [-0.3, -0.25) is 4.79 Å². The molecule has 0 aromatic carbocycles. The monoisotopic (exact) mass is 289 g/mol. The Morgan fingerprint density at radius 3 is 2.50 bits per heavy atom. The topological polar surface area (TPSA) is 49.8 Å². The lowest BCUT2D eigenvalue weighted by Crippen LogP contribution is -2.49. The van der Waals surface area contributed by atoms with E-state index in [1.807, 2.05) is 0 Å². The van der Waals surface area contributed by atoms with Crippen LogP contribution in [0.15, 0.2) is 0 Å². The highest BCUT2D eigenvalue weighted by Crippen LogP contribution is 2.29. The summed E-state index contributed by atoms with van der Waals surface area (Å²) in [6.07, 6.45) is 9.36. The SMILES string of the molecule is CCCCCCCCCC(=O)OC1(F)CCCCN1O. The van der Waals surface area contributed by atoms with Crippen molar-refractivity contribution in [2.75, 3.05) is 6.54 Å². The molecule has 4 nitrogen and oxygen atoms in total. The summed E-state index contributed by atoms with van der Waals surface area (Å²) < 4.78 is 19.0. The van der Waals surface area contributed by atoms with Crippen molar-refractivity contribution in [3.63, 3.8) is 0 Å². The molecule has 0 radical (unpaired) electrons. The summed E-state index contributed by atoms with van der Waals surface area (Å²) in [7, 11) is 0. The normalized spacial score (nSPS) is 23.8. The van der Waals surface area contributed by atoms with Crippen molar-refractivity contribution in [2.45, 2.75) is 83.5 Å². The second-order valence-electron chi connectivity index (χ2n) is 5.61. The van der Waals surface area contributed by atoms with Gasteiger partial charge in [0.25, 0.3) is 0 Å². The van der Waals surface area contributed by atoms with Gasteiger partial charge in [-0.05, 0) is 19.3 Å². The van der Waals surface area contributed by atoms with Gasteiger partial charge in [0, 0.05) is 19.4 Å². The first-order chi connectivity index (χ1) is 9.58. The van der Waals surface area contributed by atoms with Crippen molar-refractivity contribution in [3.8, 4) is 0 Å². The minimum Gasteiger partial charge on any atom is -0.412 e. The molecule has 1 aliphatic rings. The number of rotatable bonds is 9. The molecular weight excluding hydrogens is 261 g/mol. The molecule has 0 aromatic heterocycles. The van der Waals surface area contributed by atoms with Crippen LogP contribution in [0.2, 0.25) is 0 Å². The Morgan fingerprint density at radius 1 is 1.20 bits per heavy atom. The van der Waals surface area contributed by atoms with Crippen LogP contribution in [-0.2, 0) is 9.53 Å². The fourth-order valence-corrected chi connectivity index (χ4v) is 2.46. The van der Waals surface area contributed by atoms with Crippen LogP contribution in [0.3, 0.4) is 0 Å². The van der Waals surface area contributed by atoms with Crippen molar-refractivity contribution in [2.24, 2.45) is 0 Å². The third kappa shape index (κ3) is 6.18. The largest absolute Gasteiger partial charge is 0.412 e. The molecule has 1 unspecified atom stereocenters. The first-order valence-electron chi connectivity index (χ1n) is 7.96. The number of piperidine rings is 1. The lowest BCUT2D eigenvalue weighted by Gasteiger charge is -2.35. The molecule has 0 aliphatic carbocycles. The Bertz CT molecular complexity index is 288. The Labute approximate surface area is 121 Å². The molecule has 0 saturated carbocycles. The second-order valence-corrected chi connectivity index (χ2v) is 5.61. The maximum Gasteiger partial charge on any atom is 0.333 e. The van der Waals surface area contributed by atoms with Gasteiger partial charge in [0.2, 0.25) is 0 Å². The van der Waals surface area contributed by atoms with E-state index in [-0.39, 0.29) is 19.4 Å². The summed E-state index contributed by atoms with van der Waals surface area (Å²) in [5.74, 6) is -2.86. The first kappa shape index (κ1) is 17.4. The predicted molar refractivity (Wildman–Crippen MR) is 74.9 cm³/mol. The summed E-state index contributed by atoms with van der Waals surface area (Å²) in [6.45, 7) is 2.39. The van der Waals surface area contributed by atoms with Crippen LogP contribution < -0.4 is 0 Å². The Kier molecular flexibility index (Phi) is 8.07. The number of nitrogens with zero attached hydrogens (tertiary/aromatic N) is 1. The smallest absolute Gasteiger partial charge is 0.333 e. The summed E-state index contributed by atoms with van der Waals surface area (Å²) in [4.78, 5) is 11.6. The van der Waals surface area contributed by atoms with Crippen LogP contribution >= 0.6 is 0 Å². The van der Waals surface area contributed by atoms with E-state index in [0.29, 0.717) is 11.5 Å². The predicted octanol–water partition coefficient (Wildman–Crippen LogP) is 4.17. The molecule has 20 heavy (non-hydrogen) atoms. The van der Waals surface area contributed by atoms with Crippen LogP contribution in [0.4, 0.5) is 4.39 Å².